The van der Waals surface area contributed by atoms with Gasteiger partial charge in [-0.25, -0.2) is 4.98 Å². The maximum atomic E-state index is 4.62. The van der Waals surface area contributed by atoms with E-state index >= 15 is 0 Å². The molecule has 0 aromatic carbocycles. The Balaban J connectivity index is 1.61. The molecule has 3 aromatic heterocycles. The van der Waals surface area contributed by atoms with Crippen LogP contribution in [-0.2, 0) is 6.42 Å². The summed E-state index contributed by atoms with van der Waals surface area (Å²) < 4.78 is 1.80. The molecule has 4 rings (SSSR count). The van der Waals surface area contributed by atoms with E-state index in [1.54, 1.807) is 22.2 Å². The first-order valence-corrected chi connectivity index (χ1v) is 8.41. The van der Waals surface area contributed by atoms with Gasteiger partial charge in [0.1, 0.15) is 6.33 Å². The van der Waals surface area contributed by atoms with E-state index in [4.69, 9.17) is 0 Å². The molecule has 1 fully saturated rings. The van der Waals surface area contributed by atoms with Gasteiger partial charge in [0, 0.05) is 30.8 Å². The first-order valence-electron chi connectivity index (χ1n) is 7.53. The summed E-state index contributed by atoms with van der Waals surface area (Å²) in [4.78, 5) is 7.91. The number of aryl methyl sites for hydroxylation is 1. The van der Waals surface area contributed by atoms with Gasteiger partial charge >= 0.3 is 0 Å². The van der Waals surface area contributed by atoms with Crippen molar-refractivity contribution in [2.24, 2.45) is 0 Å². The molecule has 3 aromatic rings. The van der Waals surface area contributed by atoms with Gasteiger partial charge in [-0.3, -0.25) is 0 Å². The van der Waals surface area contributed by atoms with Crippen LogP contribution in [0.3, 0.4) is 0 Å². The molecule has 1 saturated carbocycles. The van der Waals surface area contributed by atoms with Crippen LogP contribution in [0.4, 0.5) is 5.69 Å². The lowest BCUT2D eigenvalue weighted by Crippen LogP contribution is -2.21. The summed E-state index contributed by atoms with van der Waals surface area (Å²) in [6, 6.07) is 2.18. The van der Waals surface area contributed by atoms with Crippen molar-refractivity contribution in [1.82, 2.24) is 24.8 Å². The lowest BCUT2D eigenvalue weighted by molar-refractivity contribution is 0.828. The number of anilines is 1. The first-order chi connectivity index (χ1) is 10.7. The molecule has 1 aliphatic carbocycles. The molecular formula is C15H18N6S. The third-order valence-corrected chi connectivity index (χ3v) is 5.19. The predicted molar refractivity (Wildman–Crippen MR) is 86.6 cm³/mol. The van der Waals surface area contributed by atoms with Crippen molar-refractivity contribution in [2.45, 2.75) is 32.1 Å². The highest BCUT2D eigenvalue weighted by Crippen LogP contribution is 2.40. The minimum atomic E-state index is 0.614. The Morgan fingerprint density at radius 2 is 2.27 bits per heavy atom. The zero-order valence-electron chi connectivity index (χ0n) is 12.7. The smallest absolute Gasteiger partial charge is 0.200 e. The average Bonchev–Trinajstić information content (AvgIpc) is 3.12. The van der Waals surface area contributed by atoms with Crippen LogP contribution < -0.4 is 4.90 Å². The number of rotatable bonds is 5. The summed E-state index contributed by atoms with van der Waals surface area (Å²) >= 11 is 1.73. The van der Waals surface area contributed by atoms with Gasteiger partial charge in [-0.2, -0.15) is 9.61 Å². The first kappa shape index (κ1) is 13.6. The Morgan fingerprint density at radius 1 is 1.41 bits per heavy atom. The number of aromatic nitrogens is 5. The second kappa shape index (κ2) is 5.31. The summed E-state index contributed by atoms with van der Waals surface area (Å²) in [6.45, 7) is 3.00. The highest BCUT2D eigenvalue weighted by Gasteiger charge is 2.27. The Labute approximate surface area is 132 Å². The maximum Gasteiger partial charge on any atom is 0.200 e. The summed E-state index contributed by atoms with van der Waals surface area (Å²) in [5.74, 6) is 0.614. The zero-order valence-corrected chi connectivity index (χ0v) is 13.5. The van der Waals surface area contributed by atoms with Crippen LogP contribution in [-0.4, -0.2) is 38.4 Å². The van der Waals surface area contributed by atoms with Gasteiger partial charge in [0.15, 0.2) is 0 Å². The van der Waals surface area contributed by atoms with E-state index in [9.17, 15) is 0 Å². The molecule has 0 bridgehead atoms. The summed E-state index contributed by atoms with van der Waals surface area (Å²) in [7, 11) is 2.11. The fourth-order valence-corrected chi connectivity index (χ4v) is 3.42. The summed E-state index contributed by atoms with van der Waals surface area (Å²) in [5.41, 5.74) is 6.14. The van der Waals surface area contributed by atoms with Crippen molar-refractivity contribution >= 4 is 22.7 Å². The van der Waals surface area contributed by atoms with Crippen LogP contribution in [0, 0.1) is 6.92 Å². The second-order valence-corrected chi connectivity index (χ2v) is 6.80. The van der Waals surface area contributed by atoms with E-state index < -0.39 is 0 Å². The monoisotopic (exact) mass is 314 g/mol. The van der Waals surface area contributed by atoms with Crippen molar-refractivity contribution in [3.8, 4) is 0 Å². The van der Waals surface area contributed by atoms with Crippen molar-refractivity contribution in [1.29, 1.82) is 0 Å². The highest BCUT2D eigenvalue weighted by atomic mass is 32.1. The standard InChI is InChI=1S/C15H18N6S/c1-10-14(22-9-16-10)5-6-20(2)13-7-12(11-3-4-11)19-21-8-17-18-15(13)21/h7-9,11H,3-6H2,1-2H3. The number of nitrogens with zero attached hydrogens (tertiary/aromatic N) is 6. The fraction of sp³-hybridized carbons (Fsp3) is 0.467. The van der Waals surface area contributed by atoms with Gasteiger partial charge in [-0.05, 0) is 25.8 Å². The van der Waals surface area contributed by atoms with Crippen molar-refractivity contribution in [3.63, 3.8) is 0 Å². The molecule has 3 heterocycles. The molecule has 0 spiro atoms. The minimum Gasteiger partial charge on any atom is -0.371 e. The molecule has 7 heteroatoms. The van der Waals surface area contributed by atoms with Gasteiger partial charge in [0.05, 0.1) is 22.6 Å². The van der Waals surface area contributed by atoms with E-state index in [0.29, 0.717) is 5.92 Å². The van der Waals surface area contributed by atoms with E-state index in [0.717, 1.165) is 35.7 Å². The Bertz CT molecular complexity index is 803. The van der Waals surface area contributed by atoms with Gasteiger partial charge < -0.3 is 4.90 Å². The summed E-state index contributed by atoms with van der Waals surface area (Å²) in [5, 5.41) is 12.8. The van der Waals surface area contributed by atoms with Crippen LogP contribution >= 0.6 is 11.3 Å². The van der Waals surface area contributed by atoms with Crippen LogP contribution in [0.1, 0.15) is 35.0 Å². The minimum absolute atomic E-state index is 0.614. The van der Waals surface area contributed by atoms with E-state index in [-0.39, 0.29) is 0 Å². The molecule has 0 unspecified atom stereocenters. The molecule has 0 aliphatic heterocycles. The van der Waals surface area contributed by atoms with Crippen LogP contribution in [0.25, 0.3) is 5.65 Å². The third-order valence-electron chi connectivity index (χ3n) is 4.19. The predicted octanol–water partition coefficient (Wildman–Crippen LogP) is 2.45. The second-order valence-electron chi connectivity index (χ2n) is 5.86. The molecule has 114 valence electrons. The average molecular weight is 314 g/mol. The van der Waals surface area contributed by atoms with Gasteiger partial charge in [-0.1, -0.05) is 0 Å². The normalized spacial score (nSPS) is 14.6. The highest BCUT2D eigenvalue weighted by molar-refractivity contribution is 7.09. The Morgan fingerprint density at radius 3 is 3.00 bits per heavy atom. The number of hydrogen-bond donors (Lipinski definition) is 0. The van der Waals surface area contributed by atoms with Crippen LogP contribution in [0.5, 0.6) is 0 Å². The SMILES string of the molecule is Cc1ncsc1CCN(C)c1cc(C2CC2)nn2cnnc12. The molecular weight excluding hydrogens is 296 g/mol. The molecule has 1 aliphatic rings. The molecule has 0 radical (unpaired) electrons. The number of hydrogen-bond acceptors (Lipinski definition) is 6. The molecule has 0 N–H and O–H groups in total. The fourth-order valence-electron chi connectivity index (χ4n) is 2.64. The molecule has 6 nitrogen and oxygen atoms in total. The van der Waals surface area contributed by atoms with Crippen molar-refractivity contribution in [2.75, 3.05) is 18.5 Å². The van der Waals surface area contributed by atoms with E-state index in [1.165, 1.54) is 17.7 Å². The van der Waals surface area contributed by atoms with Crippen LogP contribution in [0.15, 0.2) is 17.9 Å². The number of likely N-dealkylation sites (N-methyl/N-ethyl adjacent to an activating group) is 1. The van der Waals surface area contributed by atoms with Crippen molar-refractivity contribution < 1.29 is 0 Å². The van der Waals surface area contributed by atoms with Gasteiger partial charge in [-0.15, -0.1) is 21.5 Å². The van der Waals surface area contributed by atoms with E-state index in [2.05, 4.69) is 45.2 Å². The van der Waals surface area contributed by atoms with Gasteiger partial charge in [0.2, 0.25) is 5.65 Å². The zero-order chi connectivity index (χ0) is 15.1. The Kier molecular flexibility index (Phi) is 3.29. The van der Waals surface area contributed by atoms with Crippen molar-refractivity contribution in [3.05, 3.63) is 34.2 Å². The maximum absolute atomic E-state index is 4.62. The molecule has 0 saturated heterocycles. The topological polar surface area (TPSA) is 59.2 Å². The third kappa shape index (κ3) is 2.45. The Hall–Kier alpha value is -2.02. The summed E-state index contributed by atoms with van der Waals surface area (Å²) in [6.07, 6.45) is 5.16. The molecule has 0 amide bonds. The molecule has 22 heavy (non-hydrogen) atoms. The van der Waals surface area contributed by atoms with Gasteiger partial charge in [0.25, 0.3) is 0 Å². The molecule has 0 atom stereocenters. The quantitative estimate of drug-likeness (QED) is 0.724. The number of fused-ring (bicyclic) bond motifs is 1. The lowest BCUT2D eigenvalue weighted by Gasteiger charge is -2.20. The number of thiazole rings is 1. The van der Waals surface area contributed by atoms with E-state index in [1.807, 2.05) is 5.51 Å². The lowest BCUT2D eigenvalue weighted by atomic mass is 10.2. The largest absolute Gasteiger partial charge is 0.371 e. The van der Waals surface area contributed by atoms with Crippen LogP contribution in [0.2, 0.25) is 0 Å².